The van der Waals surface area contributed by atoms with Crippen LogP contribution < -0.4 is 10.1 Å². The topological polar surface area (TPSA) is 75.7 Å². The highest BCUT2D eigenvalue weighted by Crippen LogP contribution is 2.49. The molecule has 25 heavy (non-hydrogen) atoms. The summed E-state index contributed by atoms with van der Waals surface area (Å²) in [6.07, 6.45) is 6.04. The molecule has 1 aliphatic heterocycles. The minimum Gasteiger partial charge on any atom is -0.497 e. The maximum atomic E-state index is 12.7. The second-order valence-electron chi connectivity index (χ2n) is 6.88. The molecule has 6 nitrogen and oxygen atoms in total. The first-order valence-corrected chi connectivity index (χ1v) is 8.56. The van der Waals surface area contributed by atoms with E-state index in [1.54, 1.807) is 31.4 Å². The van der Waals surface area contributed by atoms with Crippen molar-refractivity contribution in [2.45, 2.75) is 12.8 Å². The van der Waals surface area contributed by atoms with Crippen molar-refractivity contribution in [2.75, 3.05) is 19.0 Å². The molecule has 1 saturated carbocycles. The van der Waals surface area contributed by atoms with Gasteiger partial charge in [0.25, 0.3) is 0 Å². The van der Waals surface area contributed by atoms with Gasteiger partial charge in [-0.25, -0.2) is 0 Å². The van der Waals surface area contributed by atoms with Crippen LogP contribution in [0, 0.1) is 23.7 Å². The Morgan fingerprint density at radius 3 is 2.12 bits per heavy atom. The zero-order valence-electron chi connectivity index (χ0n) is 14.0. The second-order valence-corrected chi connectivity index (χ2v) is 6.88. The van der Waals surface area contributed by atoms with E-state index in [4.69, 9.17) is 4.74 Å². The third-order valence-electron chi connectivity index (χ3n) is 5.53. The zero-order valence-corrected chi connectivity index (χ0v) is 14.0. The number of amides is 3. The molecule has 130 valence electrons. The summed E-state index contributed by atoms with van der Waals surface area (Å²) in [7, 11) is 1.57. The molecule has 1 saturated heterocycles. The fourth-order valence-electron chi connectivity index (χ4n) is 4.31. The van der Waals surface area contributed by atoms with Gasteiger partial charge in [-0.1, -0.05) is 12.2 Å². The lowest BCUT2D eigenvalue weighted by Crippen LogP contribution is -2.38. The molecule has 5 rings (SSSR count). The number of imide groups is 1. The summed E-state index contributed by atoms with van der Waals surface area (Å²) < 4.78 is 5.07. The second kappa shape index (κ2) is 6.02. The number of likely N-dealkylation sites (tertiary alicyclic amines) is 1. The van der Waals surface area contributed by atoms with Gasteiger partial charge in [-0.3, -0.25) is 19.3 Å². The molecule has 6 heteroatoms. The molecule has 0 radical (unpaired) electrons. The van der Waals surface area contributed by atoms with Crippen LogP contribution in [0.2, 0.25) is 0 Å². The van der Waals surface area contributed by atoms with Gasteiger partial charge < -0.3 is 10.1 Å². The van der Waals surface area contributed by atoms with Gasteiger partial charge >= 0.3 is 0 Å². The van der Waals surface area contributed by atoms with E-state index in [9.17, 15) is 14.4 Å². The van der Waals surface area contributed by atoms with Gasteiger partial charge in [0, 0.05) is 5.69 Å². The number of ether oxygens (including phenoxy) is 1. The number of hydrogen-bond acceptors (Lipinski definition) is 4. The summed E-state index contributed by atoms with van der Waals surface area (Å²) in [4.78, 5) is 38.8. The molecule has 1 N–H and O–H groups in total. The highest BCUT2D eigenvalue weighted by molar-refractivity contribution is 6.09. The molecule has 0 aromatic heterocycles. The van der Waals surface area contributed by atoms with Gasteiger partial charge in [0.05, 0.1) is 18.9 Å². The summed E-state index contributed by atoms with van der Waals surface area (Å²) in [6.45, 7) is -0.226. The summed E-state index contributed by atoms with van der Waals surface area (Å²) in [5.74, 6) is -0.337. The van der Waals surface area contributed by atoms with E-state index >= 15 is 0 Å². The monoisotopic (exact) mass is 340 g/mol. The lowest BCUT2D eigenvalue weighted by atomic mass is 9.63. The van der Waals surface area contributed by atoms with Gasteiger partial charge in [-0.2, -0.15) is 0 Å². The molecule has 2 bridgehead atoms. The van der Waals surface area contributed by atoms with E-state index in [2.05, 4.69) is 17.5 Å². The molecule has 4 atom stereocenters. The third kappa shape index (κ3) is 2.62. The fourth-order valence-corrected chi connectivity index (χ4v) is 4.31. The predicted molar refractivity (Wildman–Crippen MR) is 90.7 cm³/mol. The molecular formula is C19H20N2O4. The van der Waals surface area contributed by atoms with Crippen LogP contribution >= 0.6 is 0 Å². The van der Waals surface area contributed by atoms with Crippen molar-refractivity contribution in [2.24, 2.45) is 23.7 Å². The first-order valence-electron chi connectivity index (χ1n) is 8.56. The summed E-state index contributed by atoms with van der Waals surface area (Å²) in [5.41, 5.74) is 0.601. The number of methoxy groups -OCH3 is 1. The highest BCUT2D eigenvalue weighted by atomic mass is 16.5. The largest absolute Gasteiger partial charge is 0.497 e. The smallest absolute Gasteiger partial charge is 0.244 e. The SMILES string of the molecule is COc1ccc(NC(=O)CN2C(=O)C3C4C=CC(CC4)C3C2=O)cc1. The van der Waals surface area contributed by atoms with Crippen LogP contribution in [0.4, 0.5) is 5.69 Å². The predicted octanol–water partition coefficient (Wildman–Crippen LogP) is 1.83. The van der Waals surface area contributed by atoms with Gasteiger partial charge in [0.1, 0.15) is 12.3 Å². The average molecular weight is 340 g/mol. The Kier molecular flexibility index (Phi) is 3.82. The Morgan fingerprint density at radius 1 is 1.08 bits per heavy atom. The highest BCUT2D eigenvalue weighted by Gasteiger charge is 2.56. The van der Waals surface area contributed by atoms with Crippen molar-refractivity contribution in [3.63, 3.8) is 0 Å². The minimum atomic E-state index is -0.370. The van der Waals surface area contributed by atoms with E-state index in [1.165, 1.54) is 0 Å². The lowest BCUT2D eigenvalue weighted by molar-refractivity contribution is -0.142. The molecule has 3 amide bonds. The lowest BCUT2D eigenvalue weighted by Gasteiger charge is -2.38. The van der Waals surface area contributed by atoms with Crippen molar-refractivity contribution in [1.29, 1.82) is 0 Å². The van der Waals surface area contributed by atoms with Gasteiger partial charge in [-0.15, -0.1) is 0 Å². The van der Waals surface area contributed by atoms with Crippen LogP contribution in [0.1, 0.15) is 12.8 Å². The Labute approximate surface area is 145 Å². The molecular weight excluding hydrogens is 320 g/mol. The Morgan fingerprint density at radius 2 is 1.64 bits per heavy atom. The molecule has 3 aliphatic carbocycles. The third-order valence-corrected chi connectivity index (χ3v) is 5.53. The van der Waals surface area contributed by atoms with Crippen LogP contribution in [0.15, 0.2) is 36.4 Å². The Bertz CT molecular complexity index is 723. The standard InChI is InChI=1S/C19H20N2O4/c1-25-14-8-6-13(7-9-14)20-15(22)10-21-18(23)16-11-2-3-12(5-4-11)17(16)19(21)24/h2-3,6-9,11-12,16-17H,4-5,10H2,1H3,(H,20,22). The molecule has 1 aromatic rings. The van der Waals surface area contributed by atoms with Crippen LogP contribution in [-0.4, -0.2) is 36.3 Å². The molecule has 0 spiro atoms. The quantitative estimate of drug-likeness (QED) is 0.670. The van der Waals surface area contributed by atoms with E-state index in [-0.39, 0.29) is 47.9 Å². The number of carbonyl (C=O) groups excluding carboxylic acids is 3. The molecule has 1 heterocycles. The Hall–Kier alpha value is -2.63. The maximum Gasteiger partial charge on any atom is 0.244 e. The van der Waals surface area contributed by atoms with E-state index in [0.29, 0.717) is 11.4 Å². The van der Waals surface area contributed by atoms with Crippen molar-refractivity contribution in [1.82, 2.24) is 4.90 Å². The van der Waals surface area contributed by atoms with Crippen molar-refractivity contribution in [3.8, 4) is 5.75 Å². The van der Waals surface area contributed by atoms with Crippen molar-refractivity contribution in [3.05, 3.63) is 36.4 Å². The van der Waals surface area contributed by atoms with Gasteiger partial charge in [0.2, 0.25) is 17.7 Å². The normalized spacial score (nSPS) is 29.7. The van der Waals surface area contributed by atoms with Gasteiger partial charge in [-0.05, 0) is 48.9 Å². The zero-order chi connectivity index (χ0) is 17.6. The number of hydrogen-bond donors (Lipinski definition) is 1. The maximum absolute atomic E-state index is 12.7. The van der Waals surface area contributed by atoms with E-state index in [1.807, 2.05) is 0 Å². The van der Waals surface area contributed by atoms with Crippen LogP contribution in [-0.2, 0) is 14.4 Å². The molecule has 4 unspecified atom stereocenters. The molecule has 1 aromatic carbocycles. The number of nitrogens with one attached hydrogen (secondary N) is 1. The number of carbonyl (C=O) groups is 3. The number of anilines is 1. The van der Waals surface area contributed by atoms with Gasteiger partial charge in [0.15, 0.2) is 0 Å². The number of fused-ring (bicyclic) bond motifs is 1. The van der Waals surface area contributed by atoms with Crippen molar-refractivity contribution < 1.29 is 19.1 Å². The first kappa shape index (κ1) is 15.9. The first-order chi connectivity index (χ1) is 12.1. The minimum absolute atomic E-state index is 0.140. The summed E-state index contributed by atoms with van der Waals surface area (Å²) in [5, 5.41) is 2.72. The summed E-state index contributed by atoms with van der Waals surface area (Å²) >= 11 is 0. The van der Waals surface area contributed by atoms with Crippen LogP contribution in [0.25, 0.3) is 0 Å². The molecule has 2 fully saturated rings. The fraction of sp³-hybridized carbons (Fsp3) is 0.421. The average Bonchev–Trinajstić information content (AvgIpc) is 2.90. The van der Waals surface area contributed by atoms with Crippen molar-refractivity contribution >= 4 is 23.4 Å². The number of nitrogens with zero attached hydrogens (tertiary/aromatic N) is 1. The number of allylic oxidation sites excluding steroid dienone is 2. The summed E-state index contributed by atoms with van der Waals surface area (Å²) in [6, 6.07) is 6.90. The van der Waals surface area contributed by atoms with E-state index in [0.717, 1.165) is 17.7 Å². The Balaban J connectivity index is 1.44. The number of rotatable bonds is 4. The van der Waals surface area contributed by atoms with Crippen LogP contribution in [0.5, 0.6) is 5.75 Å². The van der Waals surface area contributed by atoms with Crippen LogP contribution in [0.3, 0.4) is 0 Å². The van der Waals surface area contributed by atoms with E-state index < -0.39 is 0 Å². The molecule has 4 aliphatic rings. The number of benzene rings is 1.